The Morgan fingerprint density at radius 3 is 2.52 bits per heavy atom. The van der Waals surface area contributed by atoms with Gasteiger partial charge in [-0.2, -0.15) is 0 Å². The fraction of sp³-hybridized carbons (Fsp3) is 0.579. The zero-order valence-corrected chi connectivity index (χ0v) is 12.6. The van der Waals surface area contributed by atoms with E-state index in [0.29, 0.717) is 0 Å². The van der Waals surface area contributed by atoms with E-state index >= 15 is 0 Å². The van der Waals surface area contributed by atoms with Crippen LogP contribution in [0.15, 0.2) is 30.3 Å². The maximum Gasteiger partial charge on any atom is 0.326 e. The second-order valence-electron chi connectivity index (χ2n) is 5.62. The first-order valence-electron chi connectivity index (χ1n) is 12.5. The van der Waals surface area contributed by atoms with E-state index in [1.165, 1.54) is 24.3 Å². The zero-order chi connectivity index (χ0) is 25.5. The van der Waals surface area contributed by atoms with Gasteiger partial charge in [0.15, 0.2) is 0 Å². The van der Waals surface area contributed by atoms with E-state index < -0.39 is 55.7 Å². The molecule has 0 bridgehead atoms. The summed E-state index contributed by atoms with van der Waals surface area (Å²) >= 11 is 0. The van der Waals surface area contributed by atoms with Crippen molar-refractivity contribution in [3.63, 3.8) is 0 Å². The summed E-state index contributed by atoms with van der Waals surface area (Å²) in [6.45, 7) is -6.16. The molecule has 0 spiro atoms. The van der Waals surface area contributed by atoms with Crippen molar-refractivity contribution in [1.82, 2.24) is 5.32 Å². The number of nitrogens with one attached hydrogen (secondary N) is 1. The predicted molar refractivity (Wildman–Crippen MR) is 90.0 cm³/mol. The Balaban J connectivity index is 2.21. The van der Waals surface area contributed by atoms with Crippen LogP contribution in [0.2, 0.25) is 0 Å². The number of carbonyl (C=O) groups excluding carboxylic acids is 1. The molecule has 1 atom stereocenters. The van der Waals surface area contributed by atoms with Crippen molar-refractivity contribution in [2.75, 3.05) is 0 Å². The van der Waals surface area contributed by atoms with Crippen LogP contribution in [0.3, 0.4) is 0 Å². The number of hydrogen-bond acceptors (Lipinski definition) is 2. The number of hydrogen-bond donors (Lipinski definition) is 2. The molecule has 0 saturated heterocycles. The Morgan fingerprint density at radius 2 is 1.96 bits per heavy atom. The van der Waals surface area contributed by atoms with Crippen molar-refractivity contribution in [2.24, 2.45) is 17.7 Å². The molecule has 2 N–H and O–H groups in total. The number of carboxylic acids is 1. The summed E-state index contributed by atoms with van der Waals surface area (Å²) in [4.78, 5) is 24.7. The molecule has 0 aliphatic heterocycles. The second-order valence-corrected chi connectivity index (χ2v) is 5.62. The Morgan fingerprint density at radius 1 is 1.30 bits per heavy atom. The summed E-state index contributed by atoms with van der Waals surface area (Å²) in [5.74, 6) is -7.43. The summed E-state index contributed by atoms with van der Waals surface area (Å²) in [5.41, 5.74) is -0.110. The smallest absolute Gasteiger partial charge is 0.326 e. The molecule has 1 saturated carbocycles. The molecule has 4 nitrogen and oxygen atoms in total. The van der Waals surface area contributed by atoms with Gasteiger partial charge in [-0.3, -0.25) is 4.79 Å². The summed E-state index contributed by atoms with van der Waals surface area (Å²) in [7, 11) is 0. The van der Waals surface area contributed by atoms with Gasteiger partial charge in [-0.15, -0.1) is 0 Å². The summed E-state index contributed by atoms with van der Waals surface area (Å²) in [6.07, 6.45) is -2.96. The molecule has 2 rings (SSSR count). The number of amides is 1. The van der Waals surface area contributed by atoms with Crippen molar-refractivity contribution < 1.29 is 28.4 Å². The fourth-order valence-electron chi connectivity index (χ4n) is 2.67. The molecule has 0 unspecified atom stereocenters. The molecule has 0 radical (unpaired) electrons. The summed E-state index contributed by atoms with van der Waals surface area (Å²) < 4.78 is 78.7. The number of carboxylic acid groups (broad SMARTS) is 1. The van der Waals surface area contributed by atoms with E-state index in [-0.39, 0.29) is 31.2 Å². The Hall–Kier alpha value is -1.84. The lowest BCUT2D eigenvalue weighted by molar-refractivity contribution is -0.142. The average Bonchev–Trinajstić information content (AvgIpc) is 2.71. The van der Waals surface area contributed by atoms with E-state index in [1.54, 1.807) is 6.07 Å². The third-order valence-corrected chi connectivity index (χ3v) is 4.01. The standard InChI is InChI=1S/C19H27NO3/c1-13(2)15-8-10-16(11-9-15)18(21)20-17(19(22)23)12-14-6-4-3-5-7-14/h3-7,13,15-17H,8-12H2,1-2H3,(H,20,21)(H,22,23)/t15?,16?,17-/m0/s1/i1D3,2D3,12D2,13D,17D. The van der Waals surface area contributed by atoms with Crippen LogP contribution >= 0.6 is 0 Å². The molecule has 1 fully saturated rings. The number of benzene rings is 1. The first kappa shape index (κ1) is 8.32. The fourth-order valence-corrected chi connectivity index (χ4v) is 2.67. The van der Waals surface area contributed by atoms with Crippen LogP contribution in [-0.2, 0) is 16.0 Å². The van der Waals surface area contributed by atoms with E-state index in [0.717, 1.165) is 0 Å². The maximum atomic E-state index is 12.8. The SMILES string of the molecule is [2H]C([2H])([2H])C([2H])(C1CCC(C(=O)N[C@]([2H])(C(=O)O)C([2H])([2H])c2ccccc2)CC1)C([2H])([2H])[2H]. The Bertz CT molecular complexity index is 849. The van der Waals surface area contributed by atoms with Gasteiger partial charge in [-0.1, -0.05) is 44.0 Å². The molecule has 0 heterocycles. The highest BCUT2D eigenvalue weighted by molar-refractivity contribution is 5.85. The third kappa shape index (κ3) is 5.08. The van der Waals surface area contributed by atoms with Gasteiger partial charge in [-0.05, 0) is 43.1 Å². The molecule has 1 aliphatic carbocycles. The van der Waals surface area contributed by atoms with Crippen LogP contribution in [0, 0.1) is 17.7 Å². The van der Waals surface area contributed by atoms with E-state index in [1.807, 2.05) is 5.32 Å². The van der Waals surface area contributed by atoms with Gasteiger partial charge in [-0.25, -0.2) is 4.79 Å². The second kappa shape index (κ2) is 8.14. The van der Waals surface area contributed by atoms with Gasteiger partial charge >= 0.3 is 5.97 Å². The van der Waals surface area contributed by atoms with E-state index in [2.05, 4.69) is 0 Å². The predicted octanol–water partition coefficient (Wildman–Crippen LogP) is 3.26. The molecule has 1 amide bonds. The highest BCUT2D eigenvalue weighted by Gasteiger charge is 2.30. The van der Waals surface area contributed by atoms with Crippen LogP contribution in [0.4, 0.5) is 0 Å². The summed E-state index contributed by atoms with van der Waals surface area (Å²) in [5, 5.41) is 11.6. The van der Waals surface area contributed by atoms with Gasteiger partial charge in [0, 0.05) is 24.6 Å². The van der Waals surface area contributed by atoms with Crippen LogP contribution in [-0.4, -0.2) is 23.0 Å². The normalized spacial score (nSPS) is 32.5. The van der Waals surface area contributed by atoms with Crippen molar-refractivity contribution >= 4 is 11.9 Å². The Kier molecular flexibility index (Phi) is 2.94. The molecular weight excluding hydrogens is 290 g/mol. The van der Waals surface area contributed by atoms with E-state index in [4.69, 9.17) is 13.7 Å². The maximum absolute atomic E-state index is 12.8. The molecule has 1 aromatic carbocycles. The van der Waals surface area contributed by atoms with Gasteiger partial charge in [0.25, 0.3) is 0 Å². The number of carbonyl (C=O) groups is 2. The molecular formula is C19H27NO3. The molecule has 23 heavy (non-hydrogen) atoms. The van der Waals surface area contributed by atoms with Crippen molar-refractivity contribution in [3.05, 3.63) is 35.9 Å². The lowest BCUT2D eigenvalue weighted by Crippen LogP contribution is -2.45. The number of aliphatic carboxylic acids is 1. The van der Waals surface area contributed by atoms with Crippen LogP contribution in [0.1, 0.15) is 58.7 Å². The minimum absolute atomic E-state index is 0.0205. The van der Waals surface area contributed by atoms with Gasteiger partial charge in [0.1, 0.15) is 6.02 Å². The summed E-state index contributed by atoms with van der Waals surface area (Å²) in [6, 6.07) is 4.11. The molecule has 1 aromatic rings. The monoisotopic (exact) mass is 327 g/mol. The van der Waals surface area contributed by atoms with Gasteiger partial charge in [0.2, 0.25) is 5.91 Å². The molecule has 126 valence electrons. The van der Waals surface area contributed by atoms with Crippen molar-refractivity contribution in [2.45, 2.75) is 51.8 Å². The largest absolute Gasteiger partial charge is 0.480 e. The topological polar surface area (TPSA) is 66.4 Å². The minimum Gasteiger partial charge on any atom is -0.480 e. The van der Waals surface area contributed by atoms with Crippen LogP contribution in [0.5, 0.6) is 0 Å². The van der Waals surface area contributed by atoms with E-state index in [9.17, 15) is 14.7 Å². The van der Waals surface area contributed by atoms with Crippen LogP contribution < -0.4 is 5.32 Å². The minimum atomic E-state index is -3.08. The Labute approximate surface area is 152 Å². The van der Waals surface area contributed by atoms with Crippen LogP contribution in [0.25, 0.3) is 0 Å². The first-order chi connectivity index (χ1) is 14.9. The highest BCUT2D eigenvalue weighted by Crippen LogP contribution is 2.33. The van der Waals surface area contributed by atoms with Crippen molar-refractivity contribution in [1.29, 1.82) is 0 Å². The highest BCUT2D eigenvalue weighted by atomic mass is 16.4. The van der Waals surface area contributed by atoms with Crippen molar-refractivity contribution in [3.8, 4) is 0 Å². The zero-order valence-electron chi connectivity index (χ0n) is 22.6. The molecule has 0 aromatic heterocycles. The third-order valence-electron chi connectivity index (χ3n) is 4.01. The molecule has 1 aliphatic rings. The average molecular weight is 327 g/mol. The first-order valence-corrected chi connectivity index (χ1v) is 7.50. The lowest BCUT2D eigenvalue weighted by atomic mass is 9.76. The van der Waals surface area contributed by atoms with Gasteiger partial charge in [0.05, 0.1) is 1.37 Å². The van der Waals surface area contributed by atoms with Gasteiger partial charge < -0.3 is 10.4 Å². The quantitative estimate of drug-likeness (QED) is 0.843. The number of rotatable bonds is 6. The lowest BCUT2D eigenvalue weighted by Gasteiger charge is -2.30. The molecule has 4 heteroatoms.